The van der Waals surface area contributed by atoms with Crippen LogP contribution < -0.4 is 9.50 Å². The Balaban J connectivity index is 2.38. The van der Waals surface area contributed by atoms with E-state index in [0.29, 0.717) is 0 Å². The summed E-state index contributed by atoms with van der Waals surface area (Å²) < 4.78 is 29.7. The normalized spacial score (nSPS) is 10.7. The van der Waals surface area contributed by atoms with Crippen LogP contribution in [0.1, 0.15) is 12.5 Å². The van der Waals surface area contributed by atoms with E-state index >= 15 is 0 Å². The molecule has 2 aromatic rings. The molecule has 23 heavy (non-hydrogen) atoms. The van der Waals surface area contributed by atoms with E-state index in [-0.39, 0.29) is 32.8 Å². The number of nitrogens with one attached hydrogen (secondary N) is 1. The zero-order valence-electron chi connectivity index (χ0n) is 11.9. The molecule has 8 heteroatoms. The summed E-state index contributed by atoms with van der Waals surface area (Å²) in [5.74, 6) is -0.386. The molecule has 0 bridgehead atoms. The monoisotopic (exact) mass is 350 g/mol. The Bertz CT molecular complexity index is 904. The molecular formula is C15H11ClN2O4S. The number of carbonyl (C=O) groups excluding carboxylic acids is 1. The number of nitriles is 1. The van der Waals surface area contributed by atoms with Gasteiger partial charge in [-0.1, -0.05) is 23.7 Å². The average molecular weight is 351 g/mol. The second-order valence-corrected chi connectivity index (χ2v) is 6.42. The summed E-state index contributed by atoms with van der Waals surface area (Å²) >= 11 is 5.84. The third-order valence-corrected chi connectivity index (χ3v) is 4.29. The number of para-hydroxylation sites is 2. The van der Waals surface area contributed by atoms with Crippen LogP contribution in [0.3, 0.4) is 0 Å². The first kappa shape index (κ1) is 16.8. The first-order chi connectivity index (χ1) is 10.8. The molecule has 0 saturated heterocycles. The fraction of sp³-hybridized carbons (Fsp3) is 0.0667. The highest BCUT2D eigenvalue weighted by atomic mass is 35.5. The van der Waals surface area contributed by atoms with Crippen LogP contribution in [0.15, 0.2) is 47.4 Å². The molecule has 0 aliphatic heterocycles. The lowest BCUT2D eigenvalue weighted by atomic mass is 10.2. The van der Waals surface area contributed by atoms with Gasteiger partial charge in [0.05, 0.1) is 16.3 Å². The minimum atomic E-state index is -4.16. The molecule has 1 amide bonds. The summed E-state index contributed by atoms with van der Waals surface area (Å²) in [6.07, 6.45) is 0. The Labute approximate surface area is 138 Å². The van der Waals surface area contributed by atoms with Gasteiger partial charge in [0, 0.05) is 6.92 Å². The molecule has 0 aliphatic rings. The molecule has 2 aromatic carbocycles. The molecule has 6 nitrogen and oxygen atoms in total. The minimum absolute atomic E-state index is 0.00678. The maximum absolute atomic E-state index is 12.3. The number of hydrogen-bond donors (Lipinski definition) is 1. The van der Waals surface area contributed by atoms with E-state index in [1.54, 1.807) is 12.1 Å². The number of benzene rings is 2. The number of nitrogens with zero attached hydrogens (tertiary/aromatic N) is 1. The molecular weight excluding hydrogens is 340 g/mol. The molecule has 1 N–H and O–H groups in total. The molecule has 0 fully saturated rings. The third kappa shape index (κ3) is 4.00. The molecule has 118 valence electrons. The third-order valence-electron chi connectivity index (χ3n) is 2.75. The average Bonchev–Trinajstić information content (AvgIpc) is 2.48. The van der Waals surface area contributed by atoms with Crippen molar-refractivity contribution in [2.45, 2.75) is 11.8 Å². The van der Waals surface area contributed by atoms with Gasteiger partial charge in [0.15, 0.2) is 5.75 Å². The van der Waals surface area contributed by atoms with Gasteiger partial charge in [0.1, 0.15) is 11.0 Å². The number of carbonyl (C=O) groups is 1. The first-order valence-corrected chi connectivity index (χ1v) is 8.13. The molecule has 0 atom stereocenters. The van der Waals surface area contributed by atoms with Gasteiger partial charge in [-0.25, -0.2) is 0 Å². The van der Waals surface area contributed by atoms with E-state index in [1.165, 1.54) is 31.2 Å². The number of halogens is 1. The SMILES string of the molecule is CC(=O)Nc1ccccc1OS(=O)(=O)c1ccc(C#N)c(Cl)c1. The smallest absolute Gasteiger partial charge is 0.339 e. The van der Waals surface area contributed by atoms with Crippen molar-refractivity contribution in [2.24, 2.45) is 0 Å². The van der Waals surface area contributed by atoms with Crippen molar-refractivity contribution in [3.05, 3.63) is 53.1 Å². The fourth-order valence-corrected chi connectivity index (χ4v) is 3.00. The molecule has 0 spiro atoms. The number of anilines is 1. The van der Waals surface area contributed by atoms with Crippen LogP contribution in [0, 0.1) is 11.3 Å². The lowest BCUT2D eigenvalue weighted by molar-refractivity contribution is -0.114. The number of amides is 1. The lowest BCUT2D eigenvalue weighted by Gasteiger charge is -2.11. The largest absolute Gasteiger partial charge is 0.377 e. The van der Waals surface area contributed by atoms with Gasteiger partial charge in [-0.15, -0.1) is 0 Å². The van der Waals surface area contributed by atoms with Crippen molar-refractivity contribution in [3.63, 3.8) is 0 Å². The van der Waals surface area contributed by atoms with Crippen LogP contribution in [0.4, 0.5) is 5.69 Å². The van der Waals surface area contributed by atoms with E-state index in [0.717, 1.165) is 6.07 Å². The maximum atomic E-state index is 12.3. The van der Waals surface area contributed by atoms with Crippen LogP contribution in [0.5, 0.6) is 5.75 Å². The Kier molecular flexibility index (Phi) is 4.89. The molecule has 2 rings (SSSR count). The summed E-state index contributed by atoms with van der Waals surface area (Å²) in [5, 5.41) is 11.3. The first-order valence-electron chi connectivity index (χ1n) is 6.34. The van der Waals surface area contributed by atoms with Gasteiger partial charge in [-0.2, -0.15) is 13.7 Å². The zero-order chi connectivity index (χ0) is 17.0. The molecule has 0 heterocycles. The van der Waals surface area contributed by atoms with Gasteiger partial charge in [-0.05, 0) is 30.3 Å². The Morgan fingerprint density at radius 3 is 2.57 bits per heavy atom. The van der Waals surface area contributed by atoms with E-state index in [2.05, 4.69) is 5.32 Å². The topological polar surface area (TPSA) is 96.3 Å². The minimum Gasteiger partial charge on any atom is -0.377 e. The second-order valence-electron chi connectivity index (χ2n) is 4.47. The second kappa shape index (κ2) is 6.69. The number of rotatable bonds is 4. The van der Waals surface area contributed by atoms with Gasteiger partial charge in [0.2, 0.25) is 5.91 Å². The quantitative estimate of drug-likeness (QED) is 0.855. The van der Waals surface area contributed by atoms with Crippen LogP contribution in [0.25, 0.3) is 0 Å². The Morgan fingerprint density at radius 1 is 1.26 bits per heavy atom. The standard InChI is InChI=1S/C15H11ClN2O4S/c1-10(19)18-14-4-2-3-5-15(14)22-23(20,21)12-7-6-11(9-17)13(16)8-12/h2-8H,1H3,(H,18,19). The van der Waals surface area contributed by atoms with Crippen molar-refractivity contribution in [3.8, 4) is 11.8 Å². The highest BCUT2D eigenvalue weighted by Crippen LogP contribution is 2.28. The summed E-state index contributed by atoms with van der Waals surface area (Å²) in [6, 6.07) is 11.6. The van der Waals surface area contributed by atoms with E-state index in [4.69, 9.17) is 21.0 Å². The van der Waals surface area contributed by atoms with Gasteiger partial charge < -0.3 is 9.50 Å². The van der Waals surface area contributed by atoms with Gasteiger partial charge >= 0.3 is 10.1 Å². The van der Waals surface area contributed by atoms with Crippen LogP contribution in [0.2, 0.25) is 5.02 Å². The van der Waals surface area contributed by atoms with E-state index < -0.39 is 10.1 Å². The van der Waals surface area contributed by atoms with Crippen molar-refractivity contribution in [2.75, 3.05) is 5.32 Å². The van der Waals surface area contributed by atoms with Gasteiger partial charge in [-0.3, -0.25) is 4.79 Å². The summed E-state index contributed by atoms with van der Waals surface area (Å²) in [4.78, 5) is 11.0. The molecule has 0 unspecified atom stereocenters. The van der Waals surface area contributed by atoms with Crippen molar-refractivity contribution < 1.29 is 17.4 Å². The summed E-state index contributed by atoms with van der Waals surface area (Å²) in [6.45, 7) is 1.30. The zero-order valence-corrected chi connectivity index (χ0v) is 13.5. The highest BCUT2D eigenvalue weighted by molar-refractivity contribution is 7.87. The van der Waals surface area contributed by atoms with Crippen molar-refractivity contribution >= 4 is 33.3 Å². The Morgan fingerprint density at radius 2 is 1.96 bits per heavy atom. The predicted molar refractivity (Wildman–Crippen MR) is 84.7 cm³/mol. The summed E-state index contributed by atoms with van der Waals surface area (Å²) in [5.41, 5.74) is 0.382. The predicted octanol–water partition coefficient (Wildman–Crippen LogP) is 2.94. The molecule has 0 aliphatic carbocycles. The lowest BCUT2D eigenvalue weighted by Crippen LogP contribution is -2.13. The van der Waals surface area contributed by atoms with Crippen molar-refractivity contribution in [1.29, 1.82) is 5.26 Å². The highest BCUT2D eigenvalue weighted by Gasteiger charge is 2.20. The van der Waals surface area contributed by atoms with Gasteiger partial charge in [0.25, 0.3) is 0 Å². The maximum Gasteiger partial charge on any atom is 0.339 e. The van der Waals surface area contributed by atoms with Crippen LogP contribution in [-0.2, 0) is 14.9 Å². The van der Waals surface area contributed by atoms with Crippen molar-refractivity contribution in [1.82, 2.24) is 0 Å². The summed E-state index contributed by atoms with van der Waals surface area (Å²) in [7, 11) is -4.16. The molecule has 0 saturated carbocycles. The Hall–Kier alpha value is -2.56. The molecule has 0 radical (unpaired) electrons. The number of hydrogen-bond acceptors (Lipinski definition) is 5. The molecule has 0 aromatic heterocycles. The van der Waals surface area contributed by atoms with Crippen LogP contribution >= 0.6 is 11.6 Å². The van der Waals surface area contributed by atoms with Crippen LogP contribution in [-0.4, -0.2) is 14.3 Å². The fourth-order valence-electron chi connectivity index (χ4n) is 1.74. The van der Waals surface area contributed by atoms with E-state index in [9.17, 15) is 13.2 Å². The van der Waals surface area contributed by atoms with E-state index in [1.807, 2.05) is 6.07 Å².